The summed E-state index contributed by atoms with van der Waals surface area (Å²) in [4.78, 5) is 0. The van der Waals surface area contributed by atoms with Crippen LogP contribution in [0.2, 0.25) is 0 Å². The third-order valence-corrected chi connectivity index (χ3v) is 3.86. The maximum Gasteiger partial charge on any atom is 0.523 e. The summed E-state index contributed by atoms with van der Waals surface area (Å²) in [7, 11) is -5.60. The first-order valence-corrected chi connectivity index (χ1v) is 6.36. The lowest BCUT2D eigenvalue weighted by Crippen LogP contribution is -2.37. The largest absolute Gasteiger partial charge is 0.523 e. The van der Waals surface area contributed by atoms with E-state index >= 15 is 0 Å². The maximum absolute atomic E-state index is 12.1. The van der Waals surface area contributed by atoms with Gasteiger partial charge in [0.2, 0.25) is 0 Å². The van der Waals surface area contributed by atoms with Crippen molar-refractivity contribution in [2.45, 2.75) is 30.7 Å². The highest BCUT2D eigenvalue weighted by Crippen LogP contribution is 2.35. The second-order valence-electron chi connectivity index (χ2n) is 4.11. The van der Waals surface area contributed by atoms with Gasteiger partial charge in [-0.2, -0.15) is 21.6 Å². The van der Waals surface area contributed by atoms with Crippen molar-refractivity contribution in [2.24, 2.45) is 5.92 Å². The maximum atomic E-state index is 12.1. The Kier molecular flexibility index (Phi) is 3.13. The van der Waals surface area contributed by atoms with Crippen LogP contribution in [0.15, 0.2) is 0 Å². The molecule has 0 aromatic carbocycles. The number of ether oxygens (including phenoxy) is 2. The quantitative estimate of drug-likeness (QED) is 0.547. The Morgan fingerprint density at radius 2 is 1.76 bits per heavy atom. The fraction of sp³-hybridized carbons (Fsp3) is 1.00. The van der Waals surface area contributed by atoms with Gasteiger partial charge < -0.3 is 9.47 Å². The Bertz CT molecular complexity index is 392. The van der Waals surface area contributed by atoms with Crippen LogP contribution in [-0.4, -0.2) is 45.5 Å². The van der Waals surface area contributed by atoms with Gasteiger partial charge in [0.25, 0.3) is 0 Å². The third kappa shape index (κ3) is 2.28. The minimum absolute atomic E-state index is 0.0159. The molecule has 17 heavy (non-hydrogen) atoms. The topological polar surface area (TPSA) is 61.8 Å². The summed E-state index contributed by atoms with van der Waals surface area (Å²) >= 11 is 0. The molecule has 0 aromatic rings. The van der Waals surface area contributed by atoms with Gasteiger partial charge in [-0.3, -0.25) is 4.18 Å². The van der Waals surface area contributed by atoms with E-state index in [4.69, 9.17) is 9.47 Å². The first-order chi connectivity index (χ1) is 7.72. The number of hydrogen-bond donors (Lipinski definition) is 0. The summed E-state index contributed by atoms with van der Waals surface area (Å²) in [6, 6.07) is 0. The lowest BCUT2D eigenvalue weighted by atomic mass is 10.0. The molecule has 0 spiro atoms. The van der Waals surface area contributed by atoms with E-state index in [0.717, 1.165) is 0 Å². The summed E-state index contributed by atoms with van der Waals surface area (Å²) < 4.78 is 72.5. The third-order valence-electron chi connectivity index (χ3n) is 2.79. The zero-order valence-corrected chi connectivity index (χ0v) is 9.62. The predicted molar refractivity (Wildman–Crippen MR) is 48.5 cm³/mol. The molecule has 0 N–H and O–H groups in total. The first-order valence-electron chi connectivity index (χ1n) is 4.95. The van der Waals surface area contributed by atoms with E-state index in [1.807, 2.05) is 6.92 Å². The summed E-state index contributed by atoms with van der Waals surface area (Å²) in [6.45, 7) is 1.92. The van der Waals surface area contributed by atoms with Crippen LogP contribution in [0.25, 0.3) is 0 Å². The number of hydrogen-bond acceptors (Lipinski definition) is 5. The van der Waals surface area contributed by atoms with Gasteiger partial charge in [-0.25, -0.2) is 0 Å². The molecule has 4 atom stereocenters. The van der Waals surface area contributed by atoms with Gasteiger partial charge in [-0.15, -0.1) is 0 Å². The average molecular weight is 276 g/mol. The predicted octanol–water partition coefficient (Wildman–Crippen LogP) is 0.655. The van der Waals surface area contributed by atoms with Crippen LogP contribution in [0.1, 0.15) is 6.92 Å². The number of fused-ring (bicyclic) bond motifs is 1. The summed E-state index contributed by atoms with van der Waals surface area (Å²) in [5, 5.41) is 0. The van der Waals surface area contributed by atoms with Gasteiger partial charge in [-0.1, -0.05) is 6.92 Å². The first kappa shape index (κ1) is 13.1. The molecule has 2 fully saturated rings. The van der Waals surface area contributed by atoms with E-state index in [2.05, 4.69) is 4.18 Å². The second kappa shape index (κ2) is 4.08. The van der Waals surface area contributed by atoms with Crippen molar-refractivity contribution in [3.05, 3.63) is 0 Å². The zero-order chi connectivity index (χ0) is 12.8. The molecule has 2 aliphatic rings. The number of halogens is 3. The van der Waals surface area contributed by atoms with Gasteiger partial charge in [0.05, 0.1) is 19.3 Å². The molecule has 2 aliphatic heterocycles. The van der Waals surface area contributed by atoms with Crippen LogP contribution in [0.3, 0.4) is 0 Å². The van der Waals surface area contributed by atoms with E-state index in [0.29, 0.717) is 6.61 Å². The molecular formula is C8H11F3O5S. The van der Waals surface area contributed by atoms with Crippen molar-refractivity contribution in [3.8, 4) is 0 Å². The molecule has 2 saturated heterocycles. The van der Waals surface area contributed by atoms with Crippen LogP contribution in [-0.2, 0) is 23.8 Å². The molecule has 0 amide bonds. The molecule has 0 aromatic heterocycles. The molecule has 9 heteroatoms. The zero-order valence-electron chi connectivity index (χ0n) is 8.81. The van der Waals surface area contributed by atoms with E-state index < -0.39 is 33.9 Å². The van der Waals surface area contributed by atoms with Crippen molar-refractivity contribution < 1.29 is 35.2 Å². The normalized spacial score (nSPS) is 38.4. The average Bonchev–Trinajstić information content (AvgIpc) is 2.70. The molecule has 2 heterocycles. The molecular weight excluding hydrogens is 265 g/mol. The Hall–Kier alpha value is -0.380. The van der Waals surface area contributed by atoms with Crippen LogP contribution in [0.4, 0.5) is 13.2 Å². The Balaban J connectivity index is 2.07. The standard InChI is InChI=1S/C8H11F3O5S/c1-4-2-14-7-5(3-15-6(4)7)16-17(12,13)8(9,10)11/h4-7H,2-3H2,1H3/t4-,5-,6-,7-/m1/s1. The highest BCUT2D eigenvalue weighted by molar-refractivity contribution is 7.87. The van der Waals surface area contributed by atoms with Crippen LogP contribution >= 0.6 is 0 Å². The van der Waals surface area contributed by atoms with Gasteiger partial charge in [0.15, 0.2) is 0 Å². The van der Waals surface area contributed by atoms with E-state index in [9.17, 15) is 21.6 Å². The minimum Gasteiger partial charge on any atom is -0.372 e. The lowest BCUT2D eigenvalue weighted by Gasteiger charge is -2.17. The van der Waals surface area contributed by atoms with Crippen LogP contribution < -0.4 is 0 Å². The molecule has 0 saturated carbocycles. The SMILES string of the molecule is C[C@@H]1CO[C@H]2[C@@H]1OC[C@H]2OS(=O)(=O)C(F)(F)F. The highest BCUT2D eigenvalue weighted by Gasteiger charge is 2.54. The van der Waals surface area contributed by atoms with Crippen molar-refractivity contribution in [3.63, 3.8) is 0 Å². The molecule has 0 radical (unpaired) electrons. The highest BCUT2D eigenvalue weighted by atomic mass is 32.2. The molecule has 100 valence electrons. The Morgan fingerprint density at radius 1 is 1.18 bits per heavy atom. The fourth-order valence-electron chi connectivity index (χ4n) is 1.95. The molecule has 5 nitrogen and oxygen atoms in total. The smallest absolute Gasteiger partial charge is 0.372 e. The lowest BCUT2D eigenvalue weighted by molar-refractivity contribution is -0.0624. The van der Waals surface area contributed by atoms with E-state index in [1.165, 1.54) is 0 Å². The molecule has 0 unspecified atom stereocenters. The molecule has 0 bridgehead atoms. The van der Waals surface area contributed by atoms with Gasteiger partial charge >= 0.3 is 15.6 Å². The number of alkyl halides is 3. The number of rotatable bonds is 2. The Labute approximate surface area is 96.0 Å². The summed E-state index contributed by atoms with van der Waals surface area (Å²) in [5.41, 5.74) is -5.42. The van der Waals surface area contributed by atoms with Crippen molar-refractivity contribution in [1.29, 1.82) is 0 Å². The molecule has 0 aliphatic carbocycles. The van der Waals surface area contributed by atoms with Gasteiger partial charge in [0, 0.05) is 5.92 Å². The monoisotopic (exact) mass is 276 g/mol. The van der Waals surface area contributed by atoms with E-state index in [1.54, 1.807) is 0 Å². The summed E-state index contributed by atoms with van der Waals surface area (Å²) in [6.07, 6.45) is -2.37. The van der Waals surface area contributed by atoms with E-state index in [-0.39, 0.29) is 12.5 Å². The molecule has 2 rings (SSSR count). The van der Waals surface area contributed by atoms with Gasteiger partial charge in [-0.05, 0) is 0 Å². The minimum atomic E-state index is -5.60. The van der Waals surface area contributed by atoms with Crippen LogP contribution in [0, 0.1) is 5.92 Å². The fourth-order valence-corrected chi connectivity index (χ4v) is 2.55. The van der Waals surface area contributed by atoms with Crippen molar-refractivity contribution in [1.82, 2.24) is 0 Å². The van der Waals surface area contributed by atoms with Crippen molar-refractivity contribution in [2.75, 3.05) is 13.2 Å². The second-order valence-corrected chi connectivity index (χ2v) is 5.67. The Morgan fingerprint density at radius 3 is 2.35 bits per heavy atom. The van der Waals surface area contributed by atoms with Crippen molar-refractivity contribution >= 4 is 10.1 Å². The van der Waals surface area contributed by atoms with Crippen LogP contribution in [0.5, 0.6) is 0 Å². The van der Waals surface area contributed by atoms with Gasteiger partial charge in [0.1, 0.15) is 12.2 Å². The summed E-state index contributed by atoms with van der Waals surface area (Å²) in [5.74, 6) is 0.0159.